The van der Waals surface area contributed by atoms with Crippen molar-refractivity contribution in [3.8, 4) is 0 Å². The molecular weight excluding hydrogens is 296 g/mol. The SMILES string of the molecule is CCN(Cc1ccc(CCC(=O)N(C)C(C)C)cc1)C1CCCC1. The summed E-state index contributed by atoms with van der Waals surface area (Å²) in [5, 5.41) is 0. The van der Waals surface area contributed by atoms with E-state index in [9.17, 15) is 4.79 Å². The molecule has 0 spiro atoms. The maximum absolute atomic E-state index is 12.1. The Balaban J connectivity index is 1.85. The number of aryl methyl sites for hydroxylation is 1. The van der Waals surface area contributed by atoms with E-state index in [1.165, 1.54) is 36.8 Å². The maximum atomic E-state index is 12.1. The molecule has 2 rings (SSSR count). The van der Waals surface area contributed by atoms with Crippen LogP contribution in [0.4, 0.5) is 0 Å². The average molecular weight is 331 g/mol. The zero-order chi connectivity index (χ0) is 17.5. The summed E-state index contributed by atoms with van der Waals surface area (Å²) in [5.74, 6) is 0.229. The first-order valence-corrected chi connectivity index (χ1v) is 9.58. The first-order chi connectivity index (χ1) is 11.5. The smallest absolute Gasteiger partial charge is 0.222 e. The lowest BCUT2D eigenvalue weighted by atomic mass is 10.1. The minimum atomic E-state index is 0.229. The van der Waals surface area contributed by atoms with E-state index in [0.717, 1.165) is 25.6 Å². The number of rotatable bonds is 8. The Morgan fingerprint density at radius 3 is 2.25 bits per heavy atom. The highest BCUT2D eigenvalue weighted by Gasteiger charge is 2.21. The van der Waals surface area contributed by atoms with Gasteiger partial charge in [0.05, 0.1) is 0 Å². The van der Waals surface area contributed by atoms with Gasteiger partial charge in [-0.1, -0.05) is 44.0 Å². The number of carbonyl (C=O) groups excluding carboxylic acids is 1. The normalized spacial score (nSPS) is 15.4. The third kappa shape index (κ3) is 5.34. The molecular formula is C21H34N2O. The van der Waals surface area contributed by atoms with Crippen LogP contribution in [0.25, 0.3) is 0 Å². The fourth-order valence-electron chi connectivity index (χ4n) is 3.53. The Bertz CT molecular complexity index is 503. The molecule has 24 heavy (non-hydrogen) atoms. The fraction of sp³-hybridized carbons (Fsp3) is 0.667. The second-order valence-electron chi connectivity index (χ2n) is 7.42. The van der Waals surface area contributed by atoms with E-state index in [0.29, 0.717) is 6.42 Å². The summed E-state index contributed by atoms with van der Waals surface area (Å²) in [4.78, 5) is 16.5. The number of hydrogen-bond donors (Lipinski definition) is 0. The molecule has 1 aromatic carbocycles. The van der Waals surface area contributed by atoms with Crippen LogP contribution in [-0.4, -0.2) is 41.4 Å². The van der Waals surface area contributed by atoms with Gasteiger partial charge in [0.1, 0.15) is 0 Å². The van der Waals surface area contributed by atoms with Crippen LogP contribution in [-0.2, 0) is 17.8 Å². The molecule has 1 amide bonds. The summed E-state index contributed by atoms with van der Waals surface area (Å²) in [6.07, 6.45) is 6.92. The van der Waals surface area contributed by atoms with Gasteiger partial charge in [-0.15, -0.1) is 0 Å². The van der Waals surface area contributed by atoms with Gasteiger partial charge in [-0.2, -0.15) is 0 Å². The van der Waals surface area contributed by atoms with E-state index in [1.807, 2.05) is 11.9 Å². The Hall–Kier alpha value is -1.35. The monoisotopic (exact) mass is 330 g/mol. The van der Waals surface area contributed by atoms with Gasteiger partial charge in [-0.3, -0.25) is 9.69 Å². The van der Waals surface area contributed by atoms with Gasteiger partial charge in [0.25, 0.3) is 0 Å². The van der Waals surface area contributed by atoms with E-state index in [4.69, 9.17) is 0 Å². The molecule has 0 bridgehead atoms. The second kappa shape index (κ2) is 9.22. The van der Waals surface area contributed by atoms with Gasteiger partial charge >= 0.3 is 0 Å². The lowest BCUT2D eigenvalue weighted by Gasteiger charge is -2.27. The van der Waals surface area contributed by atoms with E-state index in [-0.39, 0.29) is 11.9 Å². The van der Waals surface area contributed by atoms with Crippen molar-refractivity contribution in [3.05, 3.63) is 35.4 Å². The highest BCUT2D eigenvalue weighted by molar-refractivity contribution is 5.76. The quantitative estimate of drug-likeness (QED) is 0.711. The molecule has 0 aromatic heterocycles. The van der Waals surface area contributed by atoms with Crippen LogP contribution in [0.2, 0.25) is 0 Å². The Morgan fingerprint density at radius 2 is 1.71 bits per heavy atom. The number of benzene rings is 1. The first-order valence-electron chi connectivity index (χ1n) is 9.58. The number of carbonyl (C=O) groups is 1. The van der Waals surface area contributed by atoms with Crippen molar-refractivity contribution in [2.75, 3.05) is 13.6 Å². The van der Waals surface area contributed by atoms with Gasteiger partial charge in [0, 0.05) is 32.1 Å². The zero-order valence-electron chi connectivity index (χ0n) is 15.9. The molecule has 1 aromatic rings. The average Bonchev–Trinajstić information content (AvgIpc) is 3.12. The summed E-state index contributed by atoms with van der Waals surface area (Å²) in [7, 11) is 1.89. The molecule has 3 nitrogen and oxygen atoms in total. The van der Waals surface area contributed by atoms with Crippen LogP contribution in [0.3, 0.4) is 0 Å². The molecule has 1 fully saturated rings. The molecule has 0 unspecified atom stereocenters. The van der Waals surface area contributed by atoms with Crippen LogP contribution >= 0.6 is 0 Å². The van der Waals surface area contributed by atoms with Gasteiger partial charge in [-0.25, -0.2) is 0 Å². The zero-order valence-corrected chi connectivity index (χ0v) is 15.9. The van der Waals surface area contributed by atoms with E-state index >= 15 is 0 Å². The fourth-order valence-corrected chi connectivity index (χ4v) is 3.53. The Kier molecular flexibility index (Phi) is 7.29. The predicted molar refractivity (Wildman–Crippen MR) is 101 cm³/mol. The number of hydrogen-bond acceptors (Lipinski definition) is 2. The molecule has 0 aliphatic heterocycles. The lowest BCUT2D eigenvalue weighted by molar-refractivity contribution is -0.131. The Labute approximate surface area is 148 Å². The van der Waals surface area contributed by atoms with Gasteiger partial charge in [-0.05, 0) is 50.8 Å². The molecule has 134 valence electrons. The largest absolute Gasteiger partial charge is 0.343 e. The lowest BCUT2D eigenvalue weighted by Crippen LogP contribution is -2.33. The minimum absolute atomic E-state index is 0.229. The molecule has 1 aliphatic rings. The van der Waals surface area contributed by atoms with E-state index in [1.54, 1.807) is 0 Å². The maximum Gasteiger partial charge on any atom is 0.222 e. The van der Waals surface area contributed by atoms with Crippen LogP contribution in [0.5, 0.6) is 0 Å². The molecule has 0 N–H and O–H groups in total. The molecule has 0 heterocycles. The molecule has 0 atom stereocenters. The summed E-state index contributed by atoms with van der Waals surface area (Å²) in [6.45, 7) is 8.55. The van der Waals surface area contributed by atoms with Crippen molar-refractivity contribution in [3.63, 3.8) is 0 Å². The summed E-state index contributed by atoms with van der Waals surface area (Å²) in [5.41, 5.74) is 2.64. The van der Waals surface area contributed by atoms with Crippen molar-refractivity contribution in [2.45, 2.75) is 77.9 Å². The van der Waals surface area contributed by atoms with Crippen molar-refractivity contribution in [1.29, 1.82) is 0 Å². The summed E-state index contributed by atoms with van der Waals surface area (Å²) < 4.78 is 0. The number of amides is 1. The second-order valence-corrected chi connectivity index (χ2v) is 7.42. The highest BCUT2D eigenvalue weighted by atomic mass is 16.2. The topological polar surface area (TPSA) is 23.6 Å². The number of nitrogens with zero attached hydrogens (tertiary/aromatic N) is 2. The van der Waals surface area contributed by atoms with Crippen molar-refractivity contribution < 1.29 is 4.79 Å². The van der Waals surface area contributed by atoms with Gasteiger partial charge in [0.15, 0.2) is 0 Å². The first kappa shape index (κ1) is 19.0. The van der Waals surface area contributed by atoms with Crippen LogP contribution in [0.15, 0.2) is 24.3 Å². The van der Waals surface area contributed by atoms with Gasteiger partial charge in [0.2, 0.25) is 5.91 Å². The van der Waals surface area contributed by atoms with Crippen LogP contribution in [0.1, 0.15) is 64.0 Å². The summed E-state index contributed by atoms with van der Waals surface area (Å²) >= 11 is 0. The van der Waals surface area contributed by atoms with Crippen LogP contribution < -0.4 is 0 Å². The third-order valence-corrected chi connectivity index (χ3v) is 5.45. The highest BCUT2D eigenvalue weighted by Crippen LogP contribution is 2.24. The minimum Gasteiger partial charge on any atom is -0.343 e. The van der Waals surface area contributed by atoms with Gasteiger partial charge < -0.3 is 4.90 Å². The Morgan fingerprint density at radius 1 is 1.12 bits per heavy atom. The van der Waals surface area contributed by atoms with Crippen molar-refractivity contribution in [2.24, 2.45) is 0 Å². The van der Waals surface area contributed by atoms with E-state index < -0.39 is 0 Å². The van der Waals surface area contributed by atoms with Crippen molar-refractivity contribution >= 4 is 5.91 Å². The molecule has 1 aliphatic carbocycles. The predicted octanol–water partition coefficient (Wildman–Crippen LogP) is 4.25. The van der Waals surface area contributed by atoms with Crippen LogP contribution in [0, 0.1) is 0 Å². The molecule has 0 saturated heterocycles. The molecule has 0 radical (unpaired) electrons. The summed E-state index contributed by atoms with van der Waals surface area (Å²) in [6, 6.07) is 9.92. The third-order valence-electron chi connectivity index (χ3n) is 5.45. The van der Waals surface area contributed by atoms with Crippen molar-refractivity contribution in [1.82, 2.24) is 9.80 Å². The molecule has 3 heteroatoms. The standard InChI is InChI=1S/C21H34N2O/c1-5-23(20-8-6-7-9-20)16-19-12-10-18(11-13-19)14-15-21(24)22(4)17(2)3/h10-13,17,20H,5-9,14-16H2,1-4H3. The van der Waals surface area contributed by atoms with E-state index in [2.05, 4.69) is 49.9 Å². The molecule has 1 saturated carbocycles.